The zero-order chi connectivity index (χ0) is 11.6. The highest BCUT2D eigenvalue weighted by Gasteiger charge is 2.23. The van der Waals surface area contributed by atoms with E-state index in [9.17, 15) is 13.2 Å². The van der Waals surface area contributed by atoms with Crippen molar-refractivity contribution in [3.63, 3.8) is 0 Å². The molecule has 0 aliphatic rings. The smallest absolute Gasteiger partial charge is 0.258 e. The van der Waals surface area contributed by atoms with Gasteiger partial charge in [-0.3, -0.25) is 4.79 Å². The van der Waals surface area contributed by atoms with Crippen molar-refractivity contribution >= 4 is 10.0 Å². The van der Waals surface area contributed by atoms with Gasteiger partial charge >= 0.3 is 0 Å². The van der Waals surface area contributed by atoms with E-state index in [0.29, 0.717) is 0 Å². The first kappa shape index (κ1) is 11.9. The zero-order valence-electron chi connectivity index (χ0n) is 8.89. The Hall–Kier alpha value is -1.14. The van der Waals surface area contributed by atoms with Gasteiger partial charge in [0, 0.05) is 19.2 Å². The highest BCUT2D eigenvalue weighted by molar-refractivity contribution is 7.89. The van der Waals surface area contributed by atoms with Crippen molar-refractivity contribution in [1.29, 1.82) is 0 Å². The van der Waals surface area contributed by atoms with E-state index >= 15 is 0 Å². The summed E-state index contributed by atoms with van der Waals surface area (Å²) in [6.45, 7) is 3.52. The Morgan fingerprint density at radius 2 is 1.93 bits per heavy atom. The second kappa shape index (κ2) is 4.16. The Morgan fingerprint density at radius 3 is 2.40 bits per heavy atom. The fraction of sp³-hybridized carbons (Fsp3) is 0.444. The maximum Gasteiger partial charge on any atom is 0.258 e. The van der Waals surface area contributed by atoms with Gasteiger partial charge in [0.05, 0.1) is 0 Å². The molecular formula is C9H14N2O3S. The highest BCUT2D eigenvalue weighted by Crippen LogP contribution is 2.11. The number of nitrogens with one attached hydrogen (secondary N) is 1. The standard InChI is InChI=1S/C9H14N2O3S/c1-7(2)11(3)15(13,14)9-6-4-5-8(12)10-9/h4-7H,1-3H3,(H,10,12). The number of sulfonamides is 1. The first-order valence-electron chi connectivity index (χ1n) is 4.53. The predicted octanol–water partition coefficient (Wildman–Crippen LogP) is 0.404. The first-order chi connectivity index (χ1) is 6.85. The van der Waals surface area contributed by atoms with Crippen molar-refractivity contribution in [2.75, 3.05) is 7.05 Å². The SMILES string of the molecule is CC(C)N(C)S(=O)(=O)c1cccc(=O)[nH]1. The molecule has 1 aromatic rings. The van der Waals surface area contributed by atoms with E-state index in [2.05, 4.69) is 4.98 Å². The number of hydrogen-bond acceptors (Lipinski definition) is 3. The second-order valence-electron chi connectivity index (χ2n) is 3.49. The largest absolute Gasteiger partial charge is 0.312 e. The molecule has 0 bridgehead atoms. The first-order valence-corrected chi connectivity index (χ1v) is 5.97. The normalized spacial score (nSPS) is 12.3. The number of nitrogens with zero attached hydrogens (tertiary/aromatic N) is 1. The van der Waals surface area contributed by atoms with Gasteiger partial charge in [-0.1, -0.05) is 6.07 Å². The summed E-state index contributed by atoms with van der Waals surface area (Å²) in [5.74, 6) is 0. The van der Waals surface area contributed by atoms with Gasteiger partial charge in [0.15, 0.2) is 5.03 Å². The number of hydrogen-bond donors (Lipinski definition) is 1. The van der Waals surface area contributed by atoms with Crippen molar-refractivity contribution in [1.82, 2.24) is 9.29 Å². The van der Waals surface area contributed by atoms with Gasteiger partial charge in [0.2, 0.25) is 5.56 Å². The van der Waals surface area contributed by atoms with Gasteiger partial charge in [0.25, 0.3) is 10.0 Å². The molecule has 0 saturated heterocycles. The number of rotatable bonds is 3. The third kappa shape index (κ3) is 2.45. The van der Waals surface area contributed by atoms with Crippen LogP contribution in [0.15, 0.2) is 28.0 Å². The molecule has 0 radical (unpaired) electrons. The van der Waals surface area contributed by atoms with Crippen LogP contribution in [0.25, 0.3) is 0 Å². The lowest BCUT2D eigenvalue weighted by molar-refractivity contribution is 0.408. The molecule has 84 valence electrons. The molecule has 0 aromatic carbocycles. The van der Waals surface area contributed by atoms with Crippen LogP contribution in [0.3, 0.4) is 0 Å². The van der Waals surface area contributed by atoms with Crippen LogP contribution < -0.4 is 5.56 Å². The lowest BCUT2D eigenvalue weighted by Crippen LogP contribution is -2.34. The van der Waals surface area contributed by atoms with Gasteiger partial charge in [0.1, 0.15) is 0 Å². The number of pyridine rings is 1. The minimum Gasteiger partial charge on any atom is -0.312 e. The van der Waals surface area contributed by atoms with E-state index in [1.54, 1.807) is 13.8 Å². The molecule has 5 nitrogen and oxygen atoms in total. The van der Waals surface area contributed by atoms with Crippen LogP contribution in [0, 0.1) is 0 Å². The Labute approximate surface area is 88.8 Å². The quantitative estimate of drug-likeness (QED) is 0.817. The van der Waals surface area contributed by atoms with E-state index in [-0.39, 0.29) is 11.1 Å². The fourth-order valence-corrected chi connectivity index (χ4v) is 2.36. The molecular weight excluding hydrogens is 216 g/mol. The van der Waals surface area contributed by atoms with Crippen molar-refractivity contribution < 1.29 is 8.42 Å². The summed E-state index contributed by atoms with van der Waals surface area (Å²) in [7, 11) is -2.11. The summed E-state index contributed by atoms with van der Waals surface area (Å²) >= 11 is 0. The van der Waals surface area contributed by atoms with Gasteiger partial charge in [-0.05, 0) is 19.9 Å². The third-order valence-corrected chi connectivity index (χ3v) is 4.10. The number of H-pyrrole nitrogens is 1. The minimum absolute atomic E-state index is 0.0776. The topological polar surface area (TPSA) is 70.2 Å². The molecule has 0 unspecified atom stereocenters. The lowest BCUT2D eigenvalue weighted by Gasteiger charge is -2.20. The molecule has 15 heavy (non-hydrogen) atoms. The summed E-state index contributed by atoms with van der Waals surface area (Å²) in [6.07, 6.45) is 0. The molecule has 0 amide bonds. The summed E-state index contributed by atoms with van der Waals surface area (Å²) in [5.41, 5.74) is -0.423. The molecule has 1 aromatic heterocycles. The van der Waals surface area contributed by atoms with Crippen molar-refractivity contribution in [3.8, 4) is 0 Å². The summed E-state index contributed by atoms with van der Waals surface area (Å²) in [4.78, 5) is 13.3. The fourth-order valence-electron chi connectivity index (χ4n) is 1.01. The summed E-state index contributed by atoms with van der Waals surface area (Å²) in [6, 6.07) is 3.91. The van der Waals surface area contributed by atoms with Crippen LogP contribution in [0.1, 0.15) is 13.8 Å². The molecule has 0 saturated carbocycles. The molecule has 0 atom stereocenters. The van der Waals surface area contributed by atoms with Crippen LogP contribution in [0.4, 0.5) is 0 Å². The van der Waals surface area contributed by atoms with Crippen LogP contribution in [0.2, 0.25) is 0 Å². The average Bonchev–Trinajstić information content (AvgIpc) is 2.16. The maximum absolute atomic E-state index is 11.9. The van der Waals surface area contributed by atoms with Gasteiger partial charge in [-0.25, -0.2) is 8.42 Å². The lowest BCUT2D eigenvalue weighted by atomic mass is 10.4. The Bertz CT molecular complexity index is 490. The molecule has 0 aliphatic carbocycles. The van der Waals surface area contributed by atoms with Crippen molar-refractivity contribution in [2.24, 2.45) is 0 Å². The third-order valence-electron chi connectivity index (χ3n) is 2.13. The van der Waals surface area contributed by atoms with E-state index in [1.165, 1.54) is 29.6 Å². The molecule has 1 rings (SSSR count). The van der Waals surface area contributed by atoms with Crippen LogP contribution in [0.5, 0.6) is 0 Å². The van der Waals surface area contributed by atoms with Crippen LogP contribution in [-0.4, -0.2) is 30.8 Å². The zero-order valence-corrected chi connectivity index (χ0v) is 9.71. The predicted molar refractivity (Wildman–Crippen MR) is 57.1 cm³/mol. The monoisotopic (exact) mass is 230 g/mol. The van der Waals surface area contributed by atoms with Gasteiger partial charge in [-0.15, -0.1) is 0 Å². The molecule has 0 aliphatic heterocycles. The van der Waals surface area contributed by atoms with Gasteiger partial charge in [-0.2, -0.15) is 4.31 Å². The van der Waals surface area contributed by atoms with E-state index in [4.69, 9.17) is 0 Å². The van der Waals surface area contributed by atoms with E-state index < -0.39 is 15.6 Å². The average molecular weight is 230 g/mol. The van der Waals surface area contributed by atoms with Crippen LogP contribution >= 0.6 is 0 Å². The summed E-state index contributed by atoms with van der Waals surface area (Å²) < 4.78 is 25.0. The molecule has 1 heterocycles. The Morgan fingerprint density at radius 1 is 1.33 bits per heavy atom. The van der Waals surface area contributed by atoms with Crippen LogP contribution in [-0.2, 0) is 10.0 Å². The minimum atomic E-state index is -3.58. The number of aromatic nitrogens is 1. The van der Waals surface area contributed by atoms with E-state index in [0.717, 1.165) is 0 Å². The molecule has 1 N–H and O–H groups in total. The van der Waals surface area contributed by atoms with E-state index in [1.807, 2.05) is 0 Å². The second-order valence-corrected chi connectivity index (χ2v) is 5.46. The highest BCUT2D eigenvalue weighted by atomic mass is 32.2. The molecule has 6 heteroatoms. The number of aromatic amines is 1. The maximum atomic E-state index is 11.9. The molecule has 0 fully saturated rings. The summed E-state index contributed by atoms with van der Waals surface area (Å²) in [5, 5.41) is -0.0776. The van der Waals surface area contributed by atoms with Crippen molar-refractivity contribution in [3.05, 3.63) is 28.6 Å². The Balaban J connectivity index is 3.23. The molecule has 0 spiro atoms. The van der Waals surface area contributed by atoms with Crippen molar-refractivity contribution in [2.45, 2.75) is 24.9 Å². The Kier molecular flexibility index (Phi) is 3.31. The van der Waals surface area contributed by atoms with Gasteiger partial charge < -0.3 is 4.98 Å².